The van der Waals surface area contributed by atoms with Crippen LogP contribution in [0, 0.1) is 6.92 Å². The number of aliphatic hydroxyl groups is 1. The normalized spacial score (nSPS) is 10.3. The van der Waals surface area contributed by atoms with Crippen molar-refractivity contribution in [3.63, 3.8) is 0 Å². The molecule has 2 rings (SSSR count). The molecule has 0 heterocycles. The fourth-order valence-corrected chi connectivity index (χ4v) is 2.04. The van der Waals surface area contributed by atoms with Gasteiger partial charge in [-0.3, -0.25) is 4.79 Å². The van der Waals surface area contributed by atoms with Gasteiger partial charge in [0.2, 0.25) is 5.91 Å². The third kappa shape index (κ3) is 4.21. The van der Waals surface area contributed by atoms with E-state index in [0.717, 1.165) is 17.7 Å². The minimum Gasteiger partial charge on any atom is -0.392 e. The van der Waals surface area contributed by atoms with Crippen molar-refractivity contribution in [1.82, 2.24) is 0 Å². The van der Waals surface area contributed by atoms with Gasteiger partial charge in [-0.25, -0.2) is 0 Å². The highest BCUT2D eigenvalue weighted by Gasteiger charge is 2.03. The highest BCUT2D eigenvalue weighted by atomic mass is 16.3. The Kier molecular flexibility index (Phi) is 4.91. The Hall–Kier alpha value is -2.13. The zero-order chi connectivity index (χ0) is 14.4. The van der Waals surface area contributed by atoms with Crippen molar-refractivity contribution in [2.45, 2.75) is 26.4 Å². The third-order valence-electron chi connectivity index (χ3n) is 3.14. The van der Waals surface area contributed by atoms with Gasteiger partial charge in [0, 0.05) is 12.1 Å². The highest BCUT2D eigenvalue weighted by Crippen LogP contribution is 2.11. The second kappa shape index (κ2) is 6.87. The first kappa shape index (κ1) is 14.3. The van der Waals surface area contributed by atoms with Crippen molar-refractivity contribution in [2.24, 2.45) is 0 Å². The smallest absolute Gasteiger partial charge is 0.224 e. The van der Waals surface area contributed by atoms with E-state index in [1.807, 2.05) is 25.1 Å². The molecule has 2 N–H and O–H groups in total. The Morgan fingerprint density at radius 3 is 2.50 bits per heavy atom. The highest BCUT2D eigenvalue weighted by molar-refractivity contribution is 5.90. The molecule has 0 aliphatic carbocycles. The summed E-state index contributed by atoms with van der Waals surface area (Å²) in [6.07, 6.45) is 1.20. The maximum atomic E-state index is 11.9. The van der Waals surface area contributed by atoms with Gasteiger partial charge in [0.25, 0.3) is 0 Å². The van der Waals surface area contributed by atoms with Crippen LogP contribution in [0.3, 0.4) is 0 Å². The Labute approximate surface area is 119 Å². The molecule has 3 heteroatoms. The lowest BCUT2D eigenvalue weighted by atomic mass is 10.1. The number of amides is 1. The van der Waals surface area contributed by atoms with Crippen molar-refractivity contribution in [3.05, 3.63) is 65.2 Å². The summed E-state index contributed by atoms with van der Waals surface area (Å²) in [6, 6.07) is 15.4. The Bertz CT molecular complexity index is 576. The topological polar surface area (TPSA) is 49.3 Å². The van der Waals surface area contributed by atoms with Gasteiger partial charge in [0.05, 0.1) is 6.61 Å². The molecule has 0 saturated carbocycles. The largest absolute Gasteiger partial charge is 0.392 e. The minimum atomic E-state index is 0.00301. The summed E-state index contributed by atoms with van der Waals surface area (Å²) in [7, 11) is 0. The Morgan fingerprint density at radius 1 is 1.10 bits per heavy atom. The third-order valence-corrected chi connectivity index (χ3v) is 3.14. The van der Waals surface area contributed by atoms with Gasteiger partial charge in [-0.1, -0.05) is 42.0 Å². The number of hydrogen-bond acceptors (Lipinski definition) is 2. The SMILES string of the molecule is Cc1cccc(CCC(=O)Nc2ccc(CO)cc2)c1. The summed E-state index contributed by atoms with van der Waals surface area (Å²) in [5.74, 6) is 0.00301. The number of aliphatic hydroxyl groups excluding tert-OH is 1. The molecule has 2 aromatic carbocycles. The number of anilines is 1. The van der Waals surface area contributed by atoms with Crippen LogP contribution in [-0.2, 0) is 17.8 Å². The van der Waals surface area contributed by atoms with Crippen molar-refractivity contribution < 1.29 is 9.90 Å². The molecular formula is C17H19NO2. The number of carbonyl (C=O) groups is 1. The molecular weight excluding hydrogens is 250 g/mol. The van der Waals surface area contributed by atoms with Gasteiger partial charge in [-0.15, -0.1) is 0 Å². The summed E-state index contributed by atoms with van der Waals surface area (Å²) in [6.45, 7) is 2.06. The fourth-order valence-electron chi connectivity index (χ4n) is 2.04. The predicted molar refractivity (Wildman–Crippen MR) is 80.5 cm³/mol. The van der Waals surface area contributed by atoms with E-state index < -0.39 is 0 Å². The van der Waals surface area contributed by atoms with E-state index in [9.17, 15) is 4.79 Å². The molecule has 0 aliphatic rings. The van der Waals surface area contributed by atoms with Crippen molar-refractivity contribution in [2.75, 3.05) is 5.32 Å². The van der Waals surface area contributed by atoms with Crippen molar-refractivity contribution in [3.8, 4) is 0 Å². The lowest BCUT2D eigenvalue weighted by Crippen LogP contribution is -2.12. The number of nitrogens with one attached hydrogen (secondary N) is 1. The second-order valence-corrected chi connectivity index (χ2v) is 4.89. The van der Waals surface area contributed by atoms with Gasteiger partial charge in [-0.05, 0) is 36.6 Å². The van der Waals surface area contributed by atoms with E-state index in [4.69, 9.17) is 5.11 Å². The lowest BCUT2D eigenvalue weighted by Gasteiger charge is -2.06. The first-order valence-electron chi connectivity index (χ1n) is 6.72. The molecule has 20 heavy (non-hydrogen) atoms. The minimum absolute atomic E-state index is 0.00301. The molecule has 0 fully saturated rings. The molecule has 0 spiro atoms. The first-order valence-corrected chi connectivity index (χ1v) is 6.72. The van der Waals surface area contributed by atoms with E-state index in [1.165, 1.54) is 11.1 Å². The van der Waals surface area contributed by atoms with Crippen LogP contribution in [0.2, 0.25) is 0 Å². The van der Waals surface area contributed by atoms with E-state index in [0.29, 0.717) is 6.42 Å². The average molecular weight is 269 g/mol. The lowest BCUT2D eigenvalue weighted by molar-refractivity contribution is -0.116. The van der Waals surface area contributed by atoms with E-state index >= 15 is 0 Å². The number of rotatable bonds is 5. The zero-order valence-electron chi connectivity index (χ0n) is 11.6. The van der Waals surface area contributed by atoms with E-state index in [1.54, 1.807) is 24.3 Å². The maximum absolute atomic E-state index is 11.9. The van der Waals surface area contributed by atoms with Gasteiger partial charge in [0.15, 0.2) is 0 Å². The number of aryl methyl sites for hydroxylation is 2. The summed E-state index contributed by atoms with van der Waals surface area (Å²) in [5.41, 5.74) is 3.98. The summed E-state index contributed by atoms with van der Waals surface area (Å²) >= 11 is 0. The summed E-state index contributed by atoms with van der Waals surface area (Å²) in [5, 5.41) is 11.8. The number of benzene rings is 2. The number of carbonyl (C=O) groups excluding carboxylic acids is 1. The Morgan fingerprint density at radius 2 is 1.85 bits per heavy atom. The van der Waals surface area contributed by atoms with Crippen molar-refractivity contribution >= 4 is 11.6 Å². The molecule has 0 aliphatic heterocycles. The molecule has 104 valence electrons. The molecule has 0 atom stereocenters. The van der Waals surface area contributed by atoms with Crippen LogP contribution in [0.25, 0.3) is 0 Å². The van der Waals surface area contributed by atoms with Crippen LogP contribution < -0.4 is 5.32 Å². The second-order valence-electron chi connectivity index (χ2n) is 4.89. The van der Waals surface area contributed by atoms with Gasteiger partial charge < -0.3 is 10.4 Å². The fraction of sp³-hybridized carbons (Fsp3) is 0.235. The molecule has 3 nitrogen and oxygen atoms in total. The monoisotopic (exact) mass is 269 g/mol. The van der Waals surface area contributed by atoms with Crippen LogP contribution in [0.5, 0.6) is 0 Å². The zero-order valence-corrected chi connectivity index (χ0v) is 11.6. The number of hydrogen-bond donors (Lipinski definition) is 2. The summed E-state index contributed by atoms with van der Waals surface area (Å²) in [4.78, 5) is 11.9. The molecule has 0 unspecified atom stereocenters. The maximum Gasteiger partial charge on any atom is 0.224 e. The van der Waals surface area contributed by atoms with Crippen LogP contribution in [0.4, 0.5) is 5.69 Å². The van der Waals surface area contributed by atoms with E-state index in [-0.39, 0.29) is 12.5 Å². The Balaban J connectivity index is 1.85. The van der Waals surface area contributed by atoms with Crippen LogP contribution in [-0.4, -0.2) is 11.0 Å². The molecule has 1 amide bonds. The van der Waals surface area contributed by atoms with Gasteiger partial charge in [0.1, 0.15) is 0 Å². The molecule has 0 saturated heterocycles. The van der Waals surface area contributed by atoms with Crippen LogP contribution >= 0.6 is 0 Å². The molecule has 0 radical (unpaired) electrons. The molecule has 0 bridgehead atoms. The first-order chi connectivity index (χ1) is 9.67. The van der Waals surface area contributed by atoms with E-state index in [2.05, 4.69) is 11.4 Å². The summed E-state index contributed by atoms with van der Waals surface area (Å²) < 4.78 is 0. The van der Waals surface area contributed by atoms with Gasteiger partial charge in [-0.2, -0.15) is 0 Å². The average Bonchev–Trinajstić information content (AvgIpc) is 2.46. The molecule has 0 aromatic heterocycles. The van der Waals surface area contributed by atoms with Crippen LogP contribution in [0.15, 0.2) is 48.5 Å². The molecule has 2 aromatic rings. The van der Waals surface area contributed by atoms with Gasteiger partial charge >= 0.3 is 0 Å². The quantitative estimate of drug-likeness (QED) is 0.876. The standard InChI is InChI=1S/C17H19NO2/c1-13-3-2-4-14(11-13)7-10-17(20)18-16-8-5-15(12-19)6-9-16/h2-6,8-9,11,19H,7,10,12H2,1H3,(H,18,20). The predicted octanol–water partition coefficient (Wildman–Crippen LogP) is 3.06. The van der Waals surface area contributed by atoms with Crippen LogP contribution in [0.1, 0.15) is 23.1 Å². The van der Waals surface area contributed by atoms with Crippen molar-refractivity contribution in [1.29, 1.82) is 0 Å².